The van der Waals surface area contributed by atoms with Crippen molar-refractivity contribution in [1.82, 2.24) is 4.90 Å². The van der Waals surface area contributed by atoms with Crippen molar-refractivity contribution in [3.05, 3.63) is 96.6 Å². The maximum absolute atomic E-state index is 14.1. The first-order chi connectivity index (χ1) is 21.1. The normalized spacial score (nSPS) is 19.2. The summed E-state index contributed by atoms with van der Waals surface area (Å²) in [7, 11) is -1.47. The number of carbonyl (C=O) groups is 3. The minimum Gasteiger partial charge on any atom is -0.402 e. The van der Waals surface area contributed by atoms with Crippen LogP contribution in [-0.4, -0.2) is 69.4 Å². The maximum atomic E-state index is 14.1. The first-order valence-electron chi connectivity index (χ1n) is 15.4. The summed E-state index contributed by atoms with van der Waals surface area (Å²) < 4.78 is 17.5. The Labute approximate surface area is 262 Å². The molecule has 1 fully saturated rings. The Kier molecular flexibility index (Phi) is 11.4. The van der Waals surface area contributed by atoms with Gasteiger partial charge in [0, 0.05) is 31.9 Å². The van der Waals surface area contributed by atoms with Crippen molar-refractivity contribution >= 4 is 36.2 Å². The van der Waals surface area contributed by atoms with Gasteiger partial charge in [0.2, 0.25) is 0 Å². The first-order valence-corrected chi connectivity index (χ1v) is 17.3. The van der Waals surface area contributed by atoms with Gasteiger partial charge in [-0.15, -0.1) is 0 Å². The maximum Gasteiger partial charge on any atom is 0.261 e. The van der Waals surface area contributed by atoms with Gasteiger partial charge in [0.25, 0.3) is 14.2 Å². The van der Waals surface area contributed by atoms with Gasteiger partial charge in [0.05, 0.1) is 24.8 Å². The van der Waals surface area contributed by atoms with Gasteiger partial charge in [-0.2, -0.15) is 0 Å². The summed E-state index contributed by atoms with van der Waals surface area (Å²) in [4.78, 5) is 42.5. The van der Waals surface area contributed by atoms with Gasteiger partial charge in [-0.25, -0.2) is 0 Å². The summed E-state index contributed by atoms with van der Waals surface area (Å²) in [5.74, 6) is -0.332. The van der Waals surface area contributed by atoms with Gasteiger partial charge in [0.15, 0.2) is 5.78 Å². The molecule has 44 heavy (non-hydrogen) atoms. The van der Waals surface area contributed by atoms with E-state index in [0.29, 0.717) is 5.56 Å². The second-order valence-corrected chi connectivity index (χ2v) is 16.7. The van der Waals surface area contributed by atoms with Crippen LogP contribution in [0.2, 0.25) is 5.04 Å². The van der Waals surface area contributed by atoms with E-state index in [2.05, 4.69) is 45.0 Å². The first kappa shape index (κ1) is 33.5. The number of piperidine rings is 1. The number of ketones is 2. The number of carbonyl (C=O) groups excluding carboxylic acids is 3. The Morgan fingerprint density at radius 3 is 1.93 bits per heavy atom. The lowest BCUT2D eigenvalue weighted by atomic mass is 9.88. The molecule has 1 amide bonds. The number of ether oxygens (including phenoxy) is 2. The van der Waals surface area contributed by atoms with E-state index < -0.39 is 26.5 Å². The number of amides is 1. The molecule has 1 aliphatic heterocycles. The fourth-order valence-electron chi connectivity index (χ4n) is 6.29. The van der Waals surface area contributed by atoms with Crippen LogP contribution in [-0.2, 0) is 23.5 Å². The molecule has 0 spiro atoms. The zero-order valence-corrected chi connectivity index (χ0v) is 27.5. The van der Waals surface area contributed by atoms with Gasteiger partial charge >= 0.3 is 0 Å². The number of methoxy groups -OCH3 is 1. The molecule has 0 aliphatic carbocycles. The third-order valence-corrected chi connectivity index (χ3v) is 13.6. The lowest BCUT2D eigenvalue weighted by Gasteiger charge is -2.50. The lowest BCUT2D eigenvalue weighted by Crippen LogP contribution is -2.70. The number of nitrogens with zero attached hydrogens (tertiary/aromatic N) is 1. The smallest absolute Gasteiger partial charge is 0.261 e. The van der Waals surface area contributed by atoms with Crippen LogP contribution >= 0.6 is 0 Å². The zero-order valence-electron chi connectivity index (χ0n) is 26.5. The Hall–Kier alpha value is -3.43. The number of benzene rings is 3. The quantitative estimate of drug-likeness (QED) is 0.150. The van der Waals surface area contributed by atoms with E-state index in [0.717, 1.165) is 10.4 Å². The highest BCUT2D eigenvalue weighted by molar-refractivity contribution is 6.99. The van der Waals surface area contributed by atoms with Crippen LogP contribution in [0.15, 0.2) is 91.0 Å². The molecule has 3 aromatic rings. The number of Topliss-reactive ketones (excluding diaryl/α,β-unsaturated/α-hetero) is 2. The van der Waals surface area contributed by atoms with Crippen molar-refractivity contribution in [3.8, 4) is 0 Å². The largest absolute Gasteiger partial charge is 0.402 e. The standard InChI is InChI=1S/C36H45NO6Si/c1-27-34(43-44(36(2,3)4,30-17-11-7-12-18-30)31-19-13-8-14-20-31)25-33(39)32(22-21-29(38)23-24-42-26-41-5)37(27)35(40)28-15-9-6-10-16-28/h6-20,27,32,34H,21-26H2,1-5H3/t27-,32+,34-/m0/s1. The van der Waals surface area contributed by atoms with Gasteiger partial charge in [0.1, 0.15) is 12.6 Å². The van der Waals surface area contributed by atoms with Crippen LogP contribution < -0.4 is 10.4 Å². The van der Waals surface area contributed by atoms with Gasteiger partial charge in [-0.05, 0) is 40.9 Å². The van der Waals surface area contributed by atoms with Crippen molar-refractivity contribution in [3.63, 3.8) is 0 Å². The zero-order chi connectivity index (χ0) is 31.7. The molecule has 0 saturated carbocycles. The highest BCUT2D eigenvalue weighted by Gasteiger charge is 2.54. The van der Waals surface area contributed by atoms with E-state index in [1.165, 1.54) is 7.11 Å². The van der Waals surface area contributed by atoms with Crippen molar-refractivity contribution < 1.29 is 28.3 Å². The van der Waals surface area contributed by atoms with Crippen LogP contribution in [0.5, 0.6) is 0 Å². The molecular formula is C36H45NO6Si. The predicted octanol–water partition coefficient (Wildman–Crippen LogP) is 5.16. The Morgan fingerprint density at radius 1 is 0.864 bits per heavy atom. The van der Waals surface area contributed by atoms with Crippen molar-refractivity contribution in [2.24, 2.45) is 0 Å². The van der Waals surface area contributed by atoms with Gasteiger partial charge in [-0.3, -0.25) is 14.4 Å². The van der Waals surface area contributed by atoms with E-state index >= 15 is 0 Å². The number of hydrogen-bond acceptors (Lipinski definition) is 6. The molecule has 0 radical (unpaired) electrons. The monoisotopic (exact) mass is 615 g/mol. The van der Waals surface area contributed by atoms with E-state index in [4.69, 9.17) is 13.9 Å². The van der Waals surface area contributed by atoms with Crippen LogP contribution in [0.1, 0.15) is 63.7 Å². The van der Waals surface area contributed by atoms with Crippen LogP contribution in [0.25, 0.3) is 0 Å². The molecular weight excluding hydrogens is 570 g/mol. The number of likely N-dealkylation sites (tertiary alicyclic amines) is 1. The minimum atomic E-state index is -3.00. The highest BCUT2D eigenvalue weighted by atomic mass is 28.4. The SMILES string of the molecule is COCOCCC(=O)CC[C@@H]1C(=O)C[C@H](O[Si](c2ccccc2)(c2ccccc2)C(C)(C)C)[C@H](C)N1C(=O)c1ccccc1. The molecule has 0 bridgehead atoms. The molecule has 1 saturated heterocycles. The van der Waals surface area contributed by atoms with Crippen molar-refractivity contribution in [2.75, 3.05) is 20.5 Å². The fourth-order valence-corrected chi connectivity index (χ4v) is 11.0. The van der Waals surface area contributed by atoms with E-state index in [1.54, 1.807) is 17.0 Å². The number of hydrogen-bond donors (Lipinski definition) is 0. The second-order valence-electron chi connectivity index (χ2n) is 12.5. The second kappa shape index (κ2) is 15.0. The Balaban J connectivity index is 1.70. The van der Waals surface area contributed by atoms with Gasteiger partial charge < -0.3 is 18.8 Å². The Morgan fingerprint density at radius 2 is 1.41 bits per heavy atom. The molecule has 0 N–H and O–H groups in total. The molecule has 7 nitrogen and oxygen atoms in total. The summed E-state index contributed by atoms with van der Waals surface area (Å²) in [6, 6.07) is 28.5. The molecule has 0 unspecified atom stereocenters. The van der Waals surface area contributed by atoms with Crippen LogP contribution in [0.3, 0.4) is 0 Å². The third kappa shape index (κ3) is 7.43. The van der Waals surface area contributed by atoms with Gasteiger partial charge in [-0.1, -0.05) is 99.6 Å². The topological polar surface area (TPSA) is 82.1 Å². The summed E-state index contributed by atoms with van der Waals surface area (Å²) in [6.45, 7) is 8.95. The third-order valence-electron chi connectivity index (χ3n) is 8.51. The molecule has 8 heteroatoms. The predicted molar refractivity (Wildman–Crippen MR) is 175 cm³/mol. The van der Waals surface area contributed by atoms with Crippen LogP contribution in [0.4, 0.5) is 0 Å². The molecule has 3 atom stereocenters. The summed E-state index contributed by atoms with van der Waals surface area (Å²) in [5.41, 5.74) is 0.502. The average Bonchev–Trinajstić information content (AvgIpc) is 3.03. The molecule has 1 aliphatic rings. The average molecular weight is 616 g/mol. The van der Waals surface area contributed by atoms with E-state index in [1.807, 2.05) is 61.5 Å². The molecule has 234 valence electrons. The highest BCUT2D eigenvalue weighted by Crippen LogP contribution is 2.40. The summed E-state index contributed by atoms with van der Waals surface area (Å²) in [6.07, 6.45) is 0.303. The minimum absolute atomic E-state index is 0.0145. The molecule has 3 aromatic carbocycles. The van der Waals surface area contributed by atoms with E-state index in [9.17, 15) is 14.4 Å². The number of rotatable bonds is 13. The molecule has 4 rings (SSSR count). The molecule has 0 aromatic heterocycles. The molecule has 1 heterocycles. The fraction of sp³-hybridized carbons (Fsp3) is 0.417. The lowest BCUT2D eigenvalue weighted by molar-refractivity contribution is -0.133. The summed E-state index contributed by atoms with van der Waals surface area (Å²) >= 11 is 0. The van der Waals surface area contributed by atoms with E-state index in [-0.39, 0.29) is 61.6 Å². The Bertz CT molecular complexity index is 1340. The van der Waals surface area contributed by atoms with Crippen molar-refractivity contribution in [2.45, 2.75) is 76.6 Å². The van der Waals surface area contributed by atoms with Crippen LogP contribution in [0, 0.1) is 0 Å². The van der Waals surface area contributed by atoms with Crippen molar-refractivity contribution in [1.29, 1.82) is 0 Å². The summed E-state index contributed by atoms with van der Waals surface area (Å²) in [5, 5.41) is 1.94.